The minimum Gasteiger partial charge on any atom is -0.480 e. The van der Waals surface area contributed by atoms with Crippen LogP contribution in [-0.4, -0.2) is 25.5 Å². The number of carbonyl (C=O) groups is 1. The standard InChI is InChI=1S/C13H19NO4S/c1-5-11(13(15)16)14-19(17,18)12-9(3)6-8(2)7-10(12)4/h6-7,11,14H,5H2,1-4H3,(H,15,16). The molecule has 0 fully saturated rings. The Morgan fingerprint density at radius 3 is 2.11 bits per heavy atom. The molecular formula is C13H19NO4S. The highest BCUT2D eigenvalue weighted by Crippen LogP contribution is 2.22. The maximum Gasteiger partial charge on any atom is 0.321 e. The van der Waals surface area contributed by atoms with E-state index in [-0.39, 0.29) is 11.3 Å². The number of hydrogen-bond acceptors (Lipinski definition) is 3. The minimum atomic E-state index is -3.83. The Kier molecular flexibility index (Phi) is 4.70. The Bertz CT molecular complexity index is 570. The molecule has 5 nitrogen and oxygen atoms in total. The molecule has 0 saturated heterocycles. The molecule has 0 spiro atoms. The first kappa shape index (κ1) is 15.7. The summed E-state index contributed by atoms with van der Waals surface area (Å²) in [6.07, 6.45) is 0.193. The van der Waals surface area contributed by atoms with Crippen LogP contribution in [0.1, 0.15) is 30.0 Å². The summed E-state index contributed by atoms with van der Waals surface area (Å²) in [6, 6.07) is 2.43. The zero-order chi connectivity index (χ0) is 14.8. The first-order valence-electron chi connectivity index (χ1n) is 6.02. The van der Waals surface area contributed by atoms with Crippen molar-refractivity contribution < 1.29 is 18.3 Å². The van der Waals surface area contributed by atoms with Gasteiger partial charge in [0.05, 0.1) is 4.90 Å². The van der Waals surface area contributed by atoms with E-state index < -0.39 is 22.0 Å². The van der Waals surface area contributed by atoms with Crippen LogP contribution in [0.15, 0.2) is 17.0 Å². The van der Waals surface area contributed by atoms with Crippen molar-refractivity contribution in [3.05, 3.63) is 28.8 Å². The van der Waals surface area contributed by atoms with Crippen LogP contribution < -0.4 is 4.72 Å². The molecule has 0 aliphatic heterocycles. The van der Waals surface area contributed by atoms with E-state index in [4.69, 9.17) is 5.11 Å². The number of carboxylic acid groups (broad SMARTS) is 1. The number of aliphatic carboxylic acids is 1. The van der Waals surface area contributed by atoms with Gasteiger partial charge in [-0.15, -0.1) is 0 Å². The third kappa shape index (κ3) is 3.54. The van der Waals surface area contributed by atoms with Crippen molar-refractivity contribution in [2.45, 2.75) is 45.1 Å². The molecule has 0 aliphatic carbocycles. The number of hydrogen-bond donors (Lipinski definition) is 2. The van der Waals surface area contributed by atoms with Crippen LogP contribution in [0.25, 0.3) is 0 Å². The summed E-state index contributed by atoms with van der Waals surface area (Å²) in [4.78, 5) is 11.1. The van der Waals surface area contributed by atoms with Crippen molar-refractivity contribution in [1.29, 1.82) is 0 Å². The Morgan fingerprint density at radius 1 is 1.26 bits per heavy atom. The number of aryl methyl sites for hydroxylation is 3. The topological polar surface area (TPSA) is 83.5 Å². The van der Waals surface area contributed by atoms with E-state index in [2.05, 4.69) is 4.72 Å². The van der Waals surface area contributed by atoms with Gasteiger partial charge in [-0.2, -0.15) is 4.72 Å². The van der Waals surface area contributed by atoms with Crippen molar-refractivity contribution in [1.82, 2.24) is 4.72 Å². The van der Waals surface area contributed by atoms with Crippen LogP contribution >= 0.6 is 0 Å². The average Bonchev–Trinajstić information content (AvgIpc) is 2.23. The summed E-state index contributed by atoms with van der Waals surface area (Å²) in [5, 5.41) is 8.94. The highest BCUT2D eigenvalue weighted by Gasteiger charge is 2.26. The van der Waals surface area contributed by atoms with Crippen LogP contribution in [0, 0.1) is 20.8 Å². The number of nitrogens with one attached hydrogen (secondary N) is 1. The normalized spacial score (nSPS) is 13.3. The van der Waals surface area contributed by atoms with E-state index in [1.54, 1.807) is 32.9 Å². The molecule has 19 heavy (non-hydrogen) atoms. The third-order valence-corrected chi connectivity index (χ3v) is 4.65. The van der Waals surface area contributed by atoms with Gasteiger partial charge in [0, 0.05) is 0 Å². The molecule has 1 aromatic rings. The molecule has 0 saturated carbocycles. The highest BCUT2D eigenvalue weighted by atomic mass is 32.2. The molecule has 0 bridgehead atoms. The van der Waals surface area contributed by atoms with Crippen LogP contribution in [0.4, 0.5) is 0 Å². The van der Waals surface area contributed by atoms with Crippen molar-refractivity contribution in [3.63, 3.8) is 0 Å². The van der Waals surface area contributed by atoms with Gasteiger partial charge in [-0.1, -0.05) is 24.6 Å². The molecular weight excluding hydrogens is 266 g/mol. The van der Waals surface area contributed by atoms with E-state index >= 15 is 0 Å². The Labute approximate surface area is 113 Å². The largest absolute Gasteiger partial charge is 0.480 e. The van der Waals surface area contributed by atoms with Crippen molar-refractivity contribution in [3.8, 4) is 0 Å². The lowest BCUT2D eigenvalue weighted by Gasteiger charge is -2.16. The second-order valence-corrected chi connectivity index (χ2v) is 6.30. The third-order valence-electron chi connectivity index (χ3n) is 2.88. The Morgan fingerprint density at radius 2 is 1.74 bits per heavy atom. The number of carboxylic acids is 1. The van der Waals surface area contributed by atoms with Gasteiger partial charge in [0.2, 0.25) is 10.0 Å². The molecule has 1 rings (SSSR count). The van der Waals surface area contributed by atoms with Gasteiger partial charge in [0.15, 0.2) is 0 Å². The number of rotatable bonds is 5. The molecule has 0 aliphatic rings. The fourth-order valence-corrected chi connectivity index (χ4v) is 3.87. The fraction of sp³-hybridized carbons (Fsp3) is 0.462. The van der Waals surface area contributed by atoms with Gasteiger partial charge >= 0.3 is 5.97 Å². The summed E-state index contributed by atoms with van der Waals surface area (Å²) in [7, 11) is -3.83. The molecule has 1 atom stereocenters. The van der Waals surface area contributed by atoms with Gasteiger partial charge in [-0.3, -0.25) is 4.79 Å². The second kappa shape index (κ2) is 5.71. The molecule has 0 radical (unpaired) electrons. The summed E-state index contributed by atoms with van der Waals surface area (Å²) >= 11 is 0. The lowest BCUT2D eigenvalue weighted by molar-refractivity contribution is -0.139. The minimum absolute atomic E-state index is 0.165. The second-order valence-electron chi connectivity index (χ2n) is 4.65. The van der Waals surface area contributed by atoms with E-state index in [1.165, 1.54) is 0 Å². The monoisotopic (exact) mass is 285 g/mol. The smallest absolute Gasteiger partial charge is 0.321 e. The van der Waals surface area contributed by atoms with E-state index in [0.717, 1.165) is 5.56 Å². The first-order chi connectivity index (χ1) is 8.69. The van der Waals surface area contributed by atoms with E-state index in [9.17, 15) is 13.2 Å². The molecule has 1 unspecified atom stereocenters. The van der Waals surface area contributed by atoms with Crippen LogP contribution in [0.5, 0.6) is 0 Å². The van der Waals surface area contributed by atoms with Gasteiger partial charge in [-0.25, -0.2) is 8.42 Å². The molecule has 2 N–H and O–H groups in total. The van der Waals surface area contributed by atoms with Crippen LogP contribution in [-0.2, 0) is 14.8 Å². The molecule has 0 heterocycles. The number of sulfonamides is 1. The lowest BCUT2D eigenvalue weighted by atomic mass is 10.1. The van der Waals surface area contributed by atoms with Gasteiger partial charge < -0.3 is 5.11 Å². The predicted octanol–water partition coefficient (Wildman–Crippen LogP) is 1.75. The van der Waals surface area contributed by atoms with Crippen molar-refractivity contribution in [2.24, 2.45) is 0 Å². The maximum atomic E-state index is 12.3. The van der Waals surface area contributed by atoms with Crippen molar-refractivity contribution in [2.75, 3.05) is 0 Å². The maximum absolute atomic E-state index is 12.3. The van der Waals surface area contributed by atoms with Gasteiger partial charge in [0.1, 0.15) is 6.04 Å². The zero-order valence-corrected chi connectivity index (χ0v) is 12.3. The van der Waals surface area contributed by atoms with Crippen LogP contribution in [0.2, 0.25) is 0 Å². The summed E-state index contributed by atoms with van der Waals surface area (Å²) < 4.78 is 26.8. The average molecular weight is 285 g/mol. The SMILES string of the molecule is CCC(NS(=O)(=O)c1c(C)cc(C)cc1C)C(=O)O. The molecule has 1 aromatic carbocycles. The Balaban J connectivity index is 3.25. The molecule has 0 aromatic heterocycles. The molecule has 106 valence electrons. The quantitative estimate of drug-likeness (QED) is 0.863. The first-order valence-corrected chi connectivity index (χ1v) is 7.50. The Hall–Kier alpha value is -1.40. The predicted molar refractivity (Wildman–Crippen MR) is 72.7 cm³/mol. The lowest BCUT2D eigenvalue weighted by Crippen LogP contribution is -2.40. The fourth-order valence-electron chi connectivity index (χ4n) is 2.15. The molecule has 0 amide bonds. The summed E-state index contributed by atoms with van der Waals surface area (Å²) in [6.45, 7) is 6.92. The van der Waals surface area contributed by atoms with Crippen LogP contribution in [0.3, 0.4) is 0 Å². The van der Waals surface area contributed by atoms with Crippen molar-refractivity contribution >= 4 is 16.0 Å². The summed E-state index contributed by atoms with van der Waals surface area (Å²) in [5.74, 6) is -1.17. The van der Waals surface area contributed by atoms with E-state index in [0.29, 0.717) is 11.1 Å². The molecule has 6 heteroatoms. The summed E-state index contributed by atoms with van der Waals surface area (Å²) in [5.41, 5.74) is 2.20. The van der Waals surface area contributed by atoms with Gasteiger partial charge in [-0.05, 0) is 38.3 Å². The highest BCUT2D eigenvalue weighted by molar-refractivity contribution is 7.89. The van der Waals surface area contributed by atoms with E-state index in [1.807, 2.05) is 6.92 Å². The van der Waals surface area contributed by atoms with Gasteiger partial charge in [0.25, 0.3) is 0 Å². The number of benzene rings is 1. The zero-order valence-electron chi connectivity index (χ0n) is 11.5.